The fraction of sp³-hybridized carbons (Fsp3) is 0.364. The summed E-state index contributed by atoms with van der Waals surface area (Å²) in [5.74, 6) is 0.833. The summed E-state index contributed by atoms with van der Waals surface area (Å²) < 4.78 is 10.7. The van der Waals surface area contributed by atoms with Crippen LogP contribution in [0, 0.1) is 5.92 Å². The number of nitrogens with zero attached hydrogens (tertiary/aromatic N) is 1. The molecule has 0 radical (unpaired) electrons. The number of hydrogen-bond donors (Lipinski definition) is 0. The number of benzene rings is 2. The van der Waals surface area contributed by atoms with Crippen LogP contribution in [0.25, 0.3) is 0 Å². The molecule has 5 nitrogen and oxygen atoms in total. The van der Waals surface area contributed by atoms with Gasteiger partial charge in [0.1, 0.15) is 5.75 Å². The molecule has 0 aromatic heterocycles. The number of piperidine rings is 1. The first-order valence-corrected chi connectivity index (χ1v) is 9.79. The van der Waals surface area contributed by atoms with Crippen LogP contribution in [0.4, 0.5) is 4.79 Å². The van der Waals surface area contributed by atoms with E-state index in [9.17, 15) is 9.59 Å². The summed E-state index contributed by atoms with van der Waals surface area (Å²) in [4.78, 5) is 26.6. The Balaban J connectivity index is 1.44. The van der Waals surface area contributed by atoms with E-state index in [-0.39, 0.29) is 17.8 Å². The van der Waals surface area contributed by atoms with Crippen molar-refractivity contribution in [1.82, 2.24) is 4.90 Å². The molecule has 0 unspecified atom stereocenters. The number of amides is 1. The summed E-state index contributed by atoms with van der Waals surface area (Å²) >= 11 is 5.88. The minimum atomic E-state index is -0.327. The number of Topliss-reactive ketones (excluding diaryl/α,β-unsaturated/α-hetero) is 1. The van der Waals surface area contributed by atoms with Crippen LogP contribution in [0.2, 0.25) is 5.02 Å². The van der Waals surface area contributed by atoms with Crippen molar-refractivity contribution in [1.29, 1.82) is 0 Å². The molecule has 1 heterocycles. The van der Waals surface area contributed by atoms with Crippen LogP contribution in [0.5, 0.6) is 5.75 Å². The molecule has 1 aliphatic heterocycles. The maximum absolute atomic E-state index is 12.6. The number of hydrogen-bond acceptors (Lipinski definition) is 4. The lowest BCUT2D eigenvalue weighted by Gasteiger charge is -2.30. The van der Waals surface area contributed by atoms with Crippen LogP contribution < -0.4 is 4.74 Å². The molecule has 1 saturated heterocycles. The Bertz CT molecular complexity index is 814. The predicted molar refractivity (Wildman–Crippen MR) is 108 cm³/mol. The van der Waals surface area contributed by atoms with E-state index in [4.69, 9.17) is 21.1 Å². The zero-order chi connectivity index (χ0) is 19.9. The molecular formula is C22H24ClNO4. The van der Waals surface area contributed by atoms with Gasteiger partial charge in [-0.05, 0) is 48.7 Å². The molecule has 1 amide bonds. The van der Waals surface area contributed by atoms with Gasteiger partial charge in [-0.3, -0.25) is 4.79 Å². The van der Waals surface area contributed by atoms with Crippen molar-refractivity contribution in [2.75, 3.05) is 26.8 Å². The summed E-state index contributed by atoms with van der Waals surface area (Å²) in [7, 11) is 1.63. The van der Waals surface area contributed by atoms with Crippen LogP contribution in [-0.4, -0.2) is 43.6 Å². The second kappa shape index (κ2) is 9.60. The van der Waals surface area contributed by atoms with E-state index in [0.717, 1.165) is 11.3 Å². The number of rotatable bonds is 6. The third-order valence-corrected chi connectivity index (χ3v) is 5.29. The highest BCUT2D eigenvalue weighted by atomic mass is 35.5. The average molecular weight is 402 g/mol. The predicted octanol–water partition coefficient (Wildman–Crippen LogP) is 4.62. The number of halogens is 1. The standard InChI is InChI=1S/C22H24ClNO4/c1-27-20-5-3-2-4-16(20)12-15-28-22(26)24-13-10-18(11-14-24)21(25)17-6-8-19(23)9-7-17/h2-9,18H,10-15H2,1H3. The summed E-state index contributed by atoms with van der Waals surface area (Å²) in [5, 5.41) is 0.613. The second-order valence-corrected chi connectivity index (χ2v) is 7.25. The number of carbonyl (C=O) groups excluding carboxylic acids is 2. The monoisotopic (exact) mass is 401 g/mol. The molecule has 6 heteroatoms. The maximum atomic E-state index is 12.6. The number of ether oxygens (including phenoxy) is 2. The molecule has 2 aromatic rings. The van der Waals surface area contributed by atoms with E-state index in [1.54, 1.807) is 36.3 Å². The highest BCUT2D eigenvalue weighted by molar-refractivity contribution is 6.30. The quantitative estimate of drug-likeness (QED) is 0.662. The largest absolute Gasteiger partial charge is 0.496 e. The van der Waals surface area contributed by atoms with Crippen molar-refractivity contribution in [2.45, 2.75) is 19.3 Å². The summed E-state index contributed by atoms with van der Waals surface area (Å²) in [6.07, 6.45) is 1.56. The Hall–Kier alpha value is -2.53. The van der Waals surface area contributed by atoms with Crippen molar-refractivity contribution in [3.8, 4) is 5.75 Å². The Morgan fingerprint density at radius 3 is 2.43 bits per heavy atom. The summed E-state index contributed by atoms with van der Waals surface area (Å²) in [6, 6.07) is 14.6. The average Bonchev–Trinajstić information content (AvgIpc) is 2.74. The van der Waals surface area contributed by atoms with E-state index in [2.05, 4.69) is 0 Å². The summed E-state index contributed by atoms with van der Waals surface area (Å²) in [5.41, 5.74) is 1.67. The zero-order valence-electron chi connectivity index (χ0n) is 15.9. The first kappa shape index (κ1) is 20.2. The van der Waals surface area contributed by atoms with Crippen molar-refractivity contribution >= 4 is 23.5 Å². The first-order valence-electron chi connectivity index (χ1n) is 9.42. The Morgan fingerprint density at radius 1 is 1.07 bits per heavy atom. The number of carbonyl (C=O) groups is 2. The van der Waals surface area contributed by atoms with E-state index >= 15 is 0 Å². The molecule has 0 atom stereocenters. The van der Waals surface area contributed by atoms with E-state index in [1.807, 2.05) is 24.3 Å². The molecule has 148 valence electrons. The molecule has 1 fully saturated rings. The van der Waals surface area contributed by atoms with Crippen LogP contribution in [-0.2, 0) is 11.2 Å². The van der Waals surface area contributed by atoms with Gasteiger partial charge in [0.05, 0.1) is 13.7 Å². The topological polar surface area (TPSA) is 55.8 Å². The van der Waals surface area contributed by atoms with Crippen molar-refractivity contribution < 1.29 is 19.1 Å². The van der Waals surface area contributed by atoms with Gasteiger partial charge < -0.3 is 14.4 Å². The highest BCUT2D eigenvalue weighted by Gasteiger charge is 2.28. The Labute approximate surface area is 170 Å². The van der Waals surface area contributed by atoms with Gasteiger partial charge >= 0.3 is 6.09 Å². The molecule has 3 rings (SSSR count). The SMILES string of the molecule is COc1ccccc1CCOC(=O)N1CCC(C(=O)c2ccc(Cl)cc2)CC1. The minimum Gasteiger partial charge on any atom is -0.496 e. The van der Waals surface area contributed by atoms with Gasteiger partial charge in [-0.15, -0.1) is 0 Å². The van der Waals surface area contributed by atoms with Gasteiger partial charge in [0.15, 0.2) is 5.78 Å². The maximum Gasteiger partial charge on any atom is 0.409 e. The third kappa shape index (κ3) is 5.04. The van der Waals surface area contributed by atoms with Crippen molar-refractivity contribution in [3.05, 3.63) is 64.7 Å². The molecular weight excluding hydrogens is 378 g/mol. The molecule has 0 bridgehead atoms. The van der Waals surface area contributed by atoms with E-state index in [0.29, 0.717) is 49.5 Å². The van der Waals surface area contributed by atoms with E-state index < -0.39 is 0 Å². The van der Waals surface area contributed by atoms with Crippen LogP contribution in [0.3, 0.4) is 0 Å². The normalized spacial score (nSPS) is 14.6. The van der Waals surface area contributed by atoms with Crippen LogP contribution >= 0.6 is 11.6 Å². The minimum absolute atomic E-state index is 0.0706. The smallest absolute Gasteiger partial charge is 0.409 e. The number of likely N-dealkylation sites (tertiary alicyclic amines) is 1. The second-order valence-electron chi connectivity index (χ2n) is 6.81. The zero-order valence-corrected chi connectivity index (χ0v) is 16.7. The highest BCUT2D eigenvalue weighted by Crippen LogP contribution is 2.23. The molecule has 0 spiro atoms. The molecule has 2 aromatic carbocycles. The number of ketones is 1. The number of para-hydroxylation sites is 1. The van der Waals surface area contributed by atoms with Gasteiger partial charge in [0.25, 0.3) is 0 Å². The lowest BCUT2D eigenvalue weighted by molar-refractivity contribution is 0.0741. The van der Waals surface area contributed by atoms with Gasteiger partial charge in [-0.1, -0.05) is 29.8 Å². The molecule has 28 heavy (non-hydrogen) atoms. The van der Waals surface area contributed by atoms with Gasteiger partial charge in [0.2, 0.25) is 0 Å². The Kier molecular flexibility index (Phi) is 6.93. The van der Waals surface area contributed by atoms with E-state index in [1.165, 1.54) is 0 Å². The fourth-order valence-electron chi connectivity index (χ4n) is 3.42. The summed E-state index contributed by atoms with van der Waals surface area (Å²) in [6.45, 7) is 1.35. The molecule has 0 N–H and O–H groups in total. The Morgan fingerprint density at radius 2 is 1.75 bits per heavy atom. The van der Waals surface area contributed by atoms with Gasteiger partial charge in [-0.25, -0.2) is 4.79 Å². The van der Waals surface area contributed by atoms with Crippen molar-refractivity contribution in [2.24, 2.45) is 5.92 Å². The lowest BCUT2D eigenvalue weighted by atomic mass is 9.89. The first-order chi connectivity index (χ1) is 13.6. The molecule has 0 aliphatic carbocycles. The molecule has 0 saturated carbocycles. The number of methoxy groups -OCH3 is 1. The third-order valence-electron chi connectivity index (χ3n) is 5.04. The van der Waals surface area contributed by atoms with Gasteiger partial charge in [-0.2, -0.15) is 0 Å². The molecule has 1 aliphatic rings. The van der Waals surface area contributed by atoms with Crippen LogP contribution in [0.15, 0.2) is 48.5 Å². The lowest BCUT2D eigenvalue weighted by Crippen LogP contribution is -2.40. The van der Waals surface area contributed by atoms with Gasteiger partial charge in [0, 0.05) is 36.0 Å². The van der Waals surface area contributed by atoms with Crippen molar-refractivity contribution in [3.63, 3.8) is 0 Å². The van der Waals surface area contributed by atoms with Crippen LogP contribution in [0.1, 0.15) is 28.8 Å². The fourth-order valence-corrected chi connectivity index (χ4v) is 3.55.